The molecule has 1 aliphatic heterocycles. The second-order valence-corrected chi connectivity index (χ2v) is 4.58. The molecule has 1 aromatic rings. The summed E-state index contributed by atoms with van der Waals surface area (Å²) in [7, 11) is 0. The molecule has 2 rings (SSSR count). The van der Waals surface area contributed by atoms with Crippen molar-refractivity contribution in [1.82, 2.24) is 4.90 Å². The van der Waals surface area contributed by atoms with E-state index in [0.29, 0.717) is 0 Å². The Hall–Kier alpha value is -1.46. The molecule has 0 spiro atoms. The average molecular weight is 243 g/mol. The van der Waals surface area contributed by atoms with E-state index in [1.807, 2.05) is 36.4 Å². The highest BCUT2D eigenvalue weighted by molar-refractivity contribution is 5.00. The highest BCUT2D eigenvalue weighted by atomic mass is 15.1. The second kappa shape index (κ2) is 9.56. The fourth-order valence-corrected chi connectivity index (χ4v) is 2.07. The van der Waals surface area contributed by atoms with Gasteiger partial charge in [-0.3, -0.25) is 0 Å². The summed E-state index contributed by atoms with van der Waals surface area (Å²) in [4.78, 5) is 2.43. The smallest absolute Gasteiger partial charge is 0.0557 e. The van der Waals surface area contributed by atoms with Gasteiger partial charge in [-0.05, 0) is 25.7 Å². The molecular formula is C17H25N. The molecule has 0 radical (unpaired) electrons. The topological polar surface area (TPSA) is 3.24 Å². The van der Waals surface area contributed by atoms with Gasteiger partial charge in [0.25, 0.3) is 0 Å². The number of hydrogen-bond acceptors (Lipinski definition) is 1. The number of nitrogens with zero attached hydrogens (tertiary/aromatic N) is 1. The molecule has 1 heteroatoms. The van der Waals surface area contributed by atoms with Gasteiger partial charge in [-0.2, -0.15) is 0 Å². The van der Waals surface area contributed by atoms with Gasteiger partial charge in [0.1, 0.15) is 0 Å². The van der Waals surface area contributed by atoms with Crippen molar-refractivity contribution in [1.29, 1.82) is 0 Å². The number of benzene rings is 1. The lowest BCUT2D eigenvalue weighted by Crippen LogP contribution is -2.17. The van der Waals surface area contributed by atoms with Crippen LogP contribution in [0, 0.1) is 0 Å². The minimum Gasteiger partial charge on any atom is -0.369 e. The van der Waals surface area contributed by atoms with E-state index < -0.39 is 0 Å². The summed E-state index contributed by atoms with van der Waals surface area (Å²) in [6, 6.07) is 12.0. The molecule has 1 nitrogen and oxygen atoms in total. The van der Waals surface area contributed by atoms with Crippen LogP contribution in [-0.2, 0) is 0 Å². The summed E-state index contributed by atoms with van der Waals surface area (Å²) in [5, 5.41) is 0. The van der Waals surface area contributed by atoms with Crippen LogP contribution in [-0.4, -0.2) is 18.0 Å². The zero-order valence-electron chi connectivity index (χ0n) is 11.6. The van der Waals surface area contributed by atoms with Crippen molar-refractivity contribution in [2.75, 3.05) is 13.1 Å². The third-order valence-corrected chi connectivity index (χ3v) is 3.13. The highest BCUT2D eigenvalue weighted by Crippen LogP contribution is 2.17. The Morgan fingerprint density at radius 2 is 1.56 bits per heavy atom. The lowest BCUT2D eigenvalue weighted by molar-refractivity contribution is 0.405. The van der Waals surface area contributed by atoms with E-state index in [2.05, 4.69) is 24.1 Å². The van der Waals surface area contributed by atoms with Gasteiger partial charge in [0.2, 0.25) is 0 Å². The third-order valence-electron chi connectivity index (χ3n) is 3.13. The van der Waals surface area contributed by atoms with Gasteiger partial charge in [0, 0.05) is 13.1 Å². The molecule has 18 heavy (non-hydrogen) atoms. The van der Waals surface area contributed by atoms with Crippen molar-refractivity contribution in [3.05, 3.63) is 54.4 Å². The molecule has 0 atom stereocenters. The van der Waals surface area contributed by atoms with Crippen LogP contribution < -0.4 is 0 Å². The Morgan fingerprint density at radius 3 is 1.94 bits per heavy atom. The first-order chi connectivity index (χ1) is 8.88. The van der Waals surface area contributed by atoms with Crippen LogP contribution >= 0.6 is 0 Å². The number of likely N-dealkylation sites (tertiary alicyclic amines) is 1. The van der Waals surface area contributed by atoms with Gasteiger partial charge in [-0.1, -0.05) is 56.3 Å². The normalized spacial score (nSPS) is 13.5. The minimum absolute atomic E-state index is 1.17. The Bertz CT molecular complexity index is 316. The molecule has 1 heterocycles. The first-order valence-electron chi connectivity index (χ1n) is 7.02. The molecule has 0 N–H and O–H groups in total. The van der Waals surface area contributed by atoms with E-state index in [9.17, 15) is 0 Å². The lowest BCUT2D eigenvalue weighted by Gasteiger charge is -2.19. The second-order valence-electron chi connectivity index (χ2n) is 4.58. The summed E-state index contributed by atoms with van der Waals surface area (Å²) in [5.41, 5.74) is 4.41. The van der Waals surface area contributed by atoms with E-state index in [1.54, 1.807) is 0 Å². The molecule has 0 aromatic heterocycles. The summed E-state index contributed by atoms with van der Waals surface area (Å²) < 4.78 is 0. The predicted octanol–water partition coefficient (Wildman–Crippen LogP) is 4.63. The fraction of sp³-hybridized carbons (Fsp3) is 0.471. The molecule has 0 bridgehead atoms. The van der Waals surface area contributed by atoms with E-state index in [0.717, 1.165) is 0 Å². The Labute approximate surface area is 112 Å². The largest absolute Gasteiger partial charge is 0.369 e. The van der Waals surface area contributed by atoms with Crippen LogP contribution in [0.25, 0.3) is 0 Å². The standard InChI is InChI=1S/C11H19N.C6H6/c1-3-5-8-11(4-2)12-9-6-7-10-12;1-2-4-6-5-3-1/h2-3,5-10H2,1H3;1-6H. The van der Waals surface area contributed by atoms with Gasteiger partial charge in [0.05, 0.1) is 5.70 Å². The molecule has 0 unspecified atom stereocenters. The number of rotatable bonds is 4. The molecule has 98 valence electrons. The van der Waals surface area contributed by atoms with E-state index in [-0.39, 0.29) is 0 Å². The number of hydrogen-bond donors (Lipinski definition) is 0. The zero-order valence-corrected chi connectivity index (χ0v) is 11.6. The highest BCUT2D eigenvalue weighted by Gasteiger charge is 2.13. The van der Waals surface area contributed by atoms with Gasteiger partial charge < -0.3 is 4.90 Å². The van der Waals surface area contributed by atoms with Crippen molar-refractivity contribution in [3.63, 3.8) is 0 Å². The first-order valence-corrected chi connectivity index (χ1v) is 7.02. The molecular weight excluding hydrogens is 218 g/mol. The van der Waals surface area contributed by atoms with Crippen molar-refractivity contribution in [2.45, 2.75) is 39.0 Å². The van der Waals surface area contributed by atoms with Crippen LogP contribution in [0.4, 0.5) is 0 Å². The van der Waals surface area contributed by atoms with E-state index in [4.69, 9.17) is 0 Å². The SMILES string of the molecule is C=C=C(CCCC)N1CCCC1.c1ccccc1. The van der Waals surface area contributed by atoms with Crippen molar-refractivity contribution in [2.24, 2.45) is 0 Å². The first kappa shape index (κ1) is 14.6. The molecule has 1 aromatic carbocycles. The average Bonchev–Trinajstić information content (AvgIpc) is 2.96. The van der Waals surface area contributed by atoms with E-state index in [1.165, 1.54) is 50.9 Å². The Balaban J connectivity index is 0.000000225. The van der Waals surface area contributed by atoms with Gasteiger partial charge in [0.15, 0.2) is 0 Å². The predicted molar refractivity (Wildman–Crippen MR) is 79.4 cm³/mol. The lowest BCUT2D eigenvalue weighted by atomic mass is 10.2. The van der Waals surface area contributed by atoms with E-state index >= 15 is 0 Å². The molecule has 1 aliphatic rings. The minimum atomic E-state index is 1.17. The molecule has 1 fully saturated rings. The molecule has 0 amide bonds. The summed E-state index contributed by atoms with van der Waals surface area (Å²) in [6.45, 7) is 8.43. The third kappa shape index (κ3) is 5.75. The van der Waals surface area contributed by atoms with Crippen LogP contribution in [0.1, 0.15) is 39.0 Å². The molecule has 0 saturated carbocycles. The maximum Gasteiger partial charge on any atom is 0.0557 e. The Morgan fingerprint density at radius 1 is 1.06 bits per heavy atom. The summed E-state index contributed by atoms with van der Waals surface area (Å²) in [5.74, 6) is 0. The monoisotopic (exact) mass is 243 g/mol. The van der Waals surface area contributed by atoms with Crippen molar-refractivity contribution >= 4 is 0 Å². The molecule has 0 aliphatic carbocycles. The maximum atomic E-state index is 3.75. The fourth-order valence-electron chi connectivity index (χ4n) is 2.07. The van der Waals surface area contributed by atoms with Gasteiger partial charge >= 0.3 is 0 Å². The maximum absolute atomic E-state index is 3.75. The van der Waals surface area contributed by atoms with Crippen LogP contribution in [0.2, 0.25) is 0 Å². The van der Waals surface area contributed by atoms with Crippen molar-refractivity contribution < 1.29 is 0 Å². The molecule has 1 saturated heterocycles. The van der Waals surface area contributed by atoms with Gasteiger partial charge in [-0.15, -0.1) is 5.73 Å². The van der Waals surface area contributed by atoms with Crippen LogP contribution in [0.3, 0.4) is 0 Å². The number of unbranched alkanes of at least 4 members (excludes halogenated alkanes) is 1. The van der Waals surface area contributed by atoms with Crippen LogP contribution in [0.15, 0.2) is 54.4 Å². The van der Waals surface area contributed by atoms with Gasteiger partial charge in [-0.25, -0.2) is 0 Å². The summed E-state index contributed by atoms with van der Waals surface area (Å²) in [6.07, 6.45) is 6.39. The number of allylic oxidation sites excluding steroid dienone is 1. The van der Waals surface area contributed by atoms with Crippen molar-refractivity contribution in [3.8, 4) is 0 Å². The van der Waals surface area contributed by atoms with Crippen LogP contribution in [0.5, 0.6) is 0 Å². The quantitative estimate of drug-likeness (QED) is 0.697. The zero-order chi connectivity index (χ0) is 13.1. The summed E-state index contributed by atoms with van der Waals surface area (Å²) >= 11 is 0. The Kier molecular flexibility index (Phi) is 7.75.